The van der Waals surface area contributed by atoms with Crippen molar-refractivity contribution in [1.29, 1.82) is 0 Å². The van der Waals surface area contributed by atoms with E-state index in [9.17, 15) is 23.3 Å². The maximum absolute atomic E-state index is 11.9. The summed E-state index contributed by atoms with van der Waals surface area (Å²) >= 11 is 0. The van der Waals surface area contributed by atoms with Gasteiger partial charge in [-0.3, -0.25) is 14.9 Å². The van der Waals surface area contributed by atoms with Gasteiger partial charge in [0, 0.05) is 24.4 Å². The molecule has 0 aliphatic rings. The Morgan fingerprint density at radius 2 is 1.79 bits per heavy atom. The van der Waals surface area contributed by atoms with Gasteiger partial charge in [-0.1, -0.05) is 18.2 Å². The molecule has 0 aliphatic heterocycles. The summed E-state index contributed by atoms with van der Waals surface area (Å²) < 4.78 is 31.3. The smallest absolute Gasteiger partial charge is 0.269 e. The molecule has 9 nitrogen and oxygen atoms in total. The normalized spacial score (nSPS) is 10.9. The van der Waals surface area contributed by atoms with Crippen molar-refractivity contribution in [1.82, 2.24) is 4.72 Å². The van der Waals surface area contributed by atoms with Gasteiger partial charge in [0.15, 0.2) is 6.61 Å². The summed E-state index contributed by atoms with van der Waals surface area (Å²) in [5, 5.41) is 13.2. The SMILES string of the molecule is C=CCNS(=O)(=O)Cc1ccc(NC(=O)COc2ccc([N+](=O)[O-])cc2)cc1. The highest BCUT2D eigenvalue weighted by Crippen LogP contribution is 2.17. The van der Waals surface area contributed by atoms with Crippen LogP contribution < -0.4 is 14.8 Å². The number of amides is 1. The highest BCUT2D eigenvalue weighted by Gasteiger charge is 2.11. The van der Waals surface area contributed by atoms with Gasteiger partial charge in [0.25, 0.3) is 11.6 Å². The average molecular weight is 405 g/mol. The Hall–Kier alpha value is -3.24. The largest absolute Gasteiger partial charge is 0.484 e. The number of carbonyl (C=O) groups excluding carboxylic acids is 1. The standard InChI is InChI=1S/C18H19N3O6S/c1-2-11-19-28(25,26)13-14-3-5-15(6-4-14)20-18(22)12-27-17-9-7-16(8-10-17)21(23)24/h2-10,19H,1,11-13H2,(H,20,22). The number of nitrogens with one attached hydrogen (secondary N) is 2. The van der Waals surface area contributed by atoms with E-state index in [-0.39, 0.29) is 24.6 Å². The van der Waals surface area contributed by atoms with Crippen LogP contribution in [0, 0.1) is 10.1 Å². The number of nitrogens with zero attached hydrogens (tertiary/aromatic N) is 1. The molecule has 0 saturated carbocycles. The fourth-order valence-corrected chi connectivity index (χ4v) is 3.26. The van der Waals surface area contributed by atoms with E-state index in [1.54, 1.807) is 24.3 Å². The van der Waals surface area contributed by atoms with Gasteiger partial charge in [0.1, 0.15) is 5.75 Å². The van der Waals surface area contributed by atoms with E-state index in [0.29, 0.717) is 17.0 Å². The van der Waals surface area contributed by atoms with Gasteiger partial charge < -0.3 is 10.1 Å². The van der Waals surface area contributed by atoms with Crippen LogP contribution in [0.15, 0.2) is 61.2 Å². The maximum Gasteiger partial charge on any atom is 0.269 e. The third-order valence-electron chi connectivity index (χ3n) is 3.46. The van der Waals surface area contributed by atoms with Crippen molar-refractivity contribution in [3.63, 3.8) is 0 Å². The maximum atomic E-state index is 11.9. The lowest BCUT2D eigenvalue weighted by atomic mass is 10.2. The van der Waals surface area contributed by atoms with Gasteiger partial charge >= 0.3 is 0 Å². The number of ether oxygens (including phenoxy) is 1. The van der Waals surface area contributed by atoms with E-state index >= 15 is 0 Å². The van der Waals surface area contributed by atoms with Gasteiger partial charge in [-0.2, -0.15) is 0 Å². The zero-order valence-electron chi connectivity index (χ0n) is 14.8. The second-order valence-corrected chi connectivity index (χ2v) is 7.49. The fraction of sp³-hybridized carbons (Fsp3) is 0.167. The molecule has 1 amide bonds. The quantitative estimate of drug-likeness (QED) is 0.354. The molecule has 0 atom stereocenters. The molecule has 0 fully saturated rings. The lowest BCUT2D eigenvalue weighted by Crippen LogP contribution is -2.25. The molecular formula is C18H19N3O6S. The number of benzene rings is 2. The zero-order valence-corrected chi connectivity index (χ0v) is 15.6. The fourth-order valence-electron chi connectivity index (χ4n) is 2.15. The molecule has 0 spiro atoms. The summed E-state index contributed by atoms with van der Waals surface area (Å²) in [5.74, 6) is -0.280. The van der Waals surface area contributed by atoms with E-state index in [1.807, 2.05) is 0 Å². The van der Waals surface area contributed by atoms with Crippen molar-refractivity contribution in [3.8, 4) is 5.75 Å². The van der Waals surface area contributed by atoms with Crippen LogP contribution in [0.5, 0.6) is 5.75 Å². The lowest BCUT2D eigenvalue weighted by Gasteiger charge is -2.09. The Morgan fingerprint density at radius 1 is 1.14 bits per heavy atom. The molecule has 0 unspecified atom stereocenters. The number of hydrogen-bond acceptors (Lipinski definition) is 6. The van der Waals surface area contributed by atoms with Crippen LogP contribution in [-0.2, 0) is 20.6 Å². The van der Waals surface area contributed by atoms with Crippen LogP contribution in [0.4, 0.5) is 11.4 Å². The van der Waals surface area contributed by atoms with Crippen molar-refractivity contribution in [2.75, 3.05) is 18.5 Å². The Kier molecular flexibility index (Phi) is 7.24. The second kappa shape index (κ2) is 9.62. The Bertz CT molecular complexity index is 940. The van der Waals surface area contributed by atoms with Crippen LogP contribution >= 0.6 is 0 Å². The van der Waals surface area contributed by atoms with Crippen molar-refractivity contribution in [2.24, 2.45) is 0 Å². The molecule has 10 heteroatoms. The topological polar surface area (TPSA) is 128 Å². The van der Waals surface area contributed by atoms with Crippen LogP contribution in [0.1, 0.15) is 5.56 Å². The molecule has 2 aromatic rings. The van der Waals surface area contributed by atoms with Crippen LogP contribution in [-0.4, -0.2) is 32.4 Å². The minimum absolute atomic E-state index is 0.0707. The average Bonchev–Trinajstić information content (AvgIpc) is 2.66. The molecule has 28 heavy (non-hydrogen) atoms. The Labute approximate surface area is 162 Å². The van der Waals surface area contributed by atoms with Gasteiger partial charge in [-0.25, -0.2) is 13.1 Å². The summed E-state index contributed by atoms with van der Waals surface area (Å²) in [6, 6.07) is 11.7. The molecule has 0 aromatic heterocycles. The first-order chi connectivity index (χ1) is 13.3. The number of carbonyl (C=O) groups is 1. The Balaban J connectivity index is 1.85. The summed E-state index contributed by atoms with van der Waals surface area (Å²) in [6.45, 7) is 3.33. The predicted molar refractivity (Wildman–Crippen MR) is 104 cm³/mol. The van der Waals surface area contributed by atoms with E-state index < -0.39 is 20.9 Å². The molecule has 0 radical (unpaired) electrons. The highest BCUT2D eigenvalue weighted by molar-refractivity contribution is 7.88. The molecule has 0 saturated heterocycles. The Morgan fingerprint density at radius 3 is 2.36 bits per heavy atom. The lowest BCUT2D eigenvalue weighted by molar-refractivity contribution is -0.384. The van der Waals surface area contributed by atoms with Crippen molar-refractivity contribution < 1.29 is 22.9 Å². The van der Waals surface area contributed by atoms with E-state index in [2.05, 4.69) is 16.6 Å². The first-order valence-corrected chi connectivity index (χ1v) is 9.78. The third kappa shape index (κ3) is 6.82. The summed E-state index contributed by atoms with van der Waals surface area (Å²) in [5.41, 5.74) is 0.979. The van der Waals surface area contributed by atoms with E-state index in [0.717, 1.165) is 0 Å². The minimum Gasteiger partial charge on any atom is -0.484 e. The molecule has 0 heterocycles. The number of nitro benzene ring substituents is 1. The van der Waals surface area contributed by atoms with Gasteiger partial charge in [-0.15, -0.1) is 6.58 Å². The summed E-state index contributed by atoms with van der Waals surface area (Å²) in [4.78, 5) is 22.0. The van der Waals surface area contributed by atoms with Crippen molar-refractivity contribution in [2.45, 2.75) is 5.75 Å². The van der Waals surface area contributed by atoms with E-state index in [1.165, 1.54) is 30.3 Å². The van der Waals surface area contributed by atoms with Crippen LogP contribution in [0.3, 0.4) is 0 Å². The number of non-ortho nitro benzene ring substituents is 1. The molecular weight excluding hydrogens is 386 g/mol. The van der Waals surface area contributed by atoms with E-state index in [4.69, 9.17) is 4.74 Å². The van der Waals surface area contributed by atoms with Crippen LogP contribution in [0.25, 0.3) is 0 Å². The van der Waals surface area contributed by atoms with Crippen molar-refractivity contribution in [3.05, 3.63) is 76.9 Å². The summed E-state index contributed by atoms with van der Waals surface area (Å²) in [6.07, 6.45) is 1.45. The zero-order chi connectivity index (χ0) is 20.6. The molecule has 0 aliphatic carbocycles. The second-order valence-electron chi connectivity index (χ2n) is 5.68. The number of sulfonamides is 1. The van der Waals surface area contributed by atoms with Crippen molar-refractivity contribution >= 4 is 27.3 Å². The molecule has 0 bridgehead atoms. The number of hydrogen-bond donors (Lipinski definition) is 2. The summed E-state index contributed by atoms with van der Waals surface area (Å²) in [7, 11) is -3.45. The number of rotatable bonds is 10. The molecule has 2 rings (SSSR count). The third-order valence-corrected chi connectivity index (χ3v) is 4.78. The van der Waals surface area contributed by atoms with Gasteiger partial charge in [-0.05, 0) is 29.8 Å². The van der Waals surface area contributed by atoms with Gasteiger partial charge in [0.05, 0.1) is 10.7 Å². The predicted octanol–water partition coefficient (Wildman–Crippen LogP) is 2.22. The highest BCUT2D eigenvalue weighted by atomic mass is 32.2. The molecule has 2 N–H and O–H groups in total. The number of nitro groups is 1. The first kappa shape index (κ1) is 21.1. The first-order valence-electron chi connectivity index (χ1n) is 8.13. The van der Waals surface area contributed by atoms with Crippen LogP contribution in [0.2, 0.25) is 0 Å². The number of anilines is 1. The molecule has 2 aromatic carbocycles. The molecule has 148 valence electrons. The monoisotopic (exact) mass is 405 g/mol. The van der Waals surface area contributed by atoms with Gasteiger partial charge in [0.2, 0.25) is 10.0 Å². The minimum atomic E-state index is -3.45.